The number of alkyl halides is 3. The first-order valence-corrected chi connectivity index (χ1v) is 3.60. The Morgan fingerprint density at radius 2 is 1.83 bits per heavy atom. The molecule has 5 heteroatoms. The summed E-state index contributed by atoms with van der Waals surface area (Å²) in [4.78, 5) is 10.0. The van der Waals surface area contributed by atoms with Crippen LogP contribution in [-0.4, -0.2) is 22.7 Å². The first kappa shape index (κ1) is 9.35. The van der Waals surface area contributed by atoms with Crippen molar-refractivity contribution >= 4 is 5.97 Å². The SMILES string of the molecule is CC(F)(C1CC1)C(F)(F)C(=O)O. The minimum Gasteiger partial charge on any atom is -0.477 e. The molecule has 1 N–H and O–H groups in total. The van der Waals surface area contributed by atoms with Crippen LogP contribution in [0.2, 0.25) is 0 Å². The third-order valence-corrected chi connectivity index (χ3v) is 2.23. The molecule has 0 spiro atoms. The van der Waals surface area contributed by atoms with Gasteiger partial charge in [0.05, 0.1) is 0 Å². The molecule has 0 amide bonds. The third kappa shape index (κ3) is 1.17. The molecule has 1 unspecified atom stereocenters. The van der Waals surface area contributed by atoms with Gasteiger partial charge < -0.3 is 5.11 Å². The standard InChI is InChI=1S/C7H9F3O2/c1-6(8,4-2-3-4)7(9,10)5(11)12/h4H,2-3H2,1H3,(H,11,12). The van der Waals surface area contributed by atoms with Crippen molar-refractivity contribution in [3.05, 3.63) is 0 Å². The molecule has 12 heavy (non-hydrogen) atoms. The summed E-state index contributed by atoms with van der Waals surface area (Å²) in [6.45, 7) is 0.652. The highest BCUT2D eigenvalue weighted by molar-refractivity contribution is 5.77. The molecule has 1 aliphatic carbocycles. The quantitative estimate of drug-likeness (QED) is 0.723. The highest BCUT2D eigenvalue weighted by Crippen LogP contribution is 2.49. The van der Waals surface area contributed by atoms with Crippen LogP contribution in [-0.2, 0) is 4.79 Å². The molecule has 0 aromatic heterocycles. The van der Waals surface area contributed by atoms with Gasteiger partial charge in [-0.15, -0.1) is 0 Å². The fourth-order valence-electron chi connectivity index (χ4n) is 1.09. The molecule has 1 saturated carbocycles. The van der Waals surface area contributed by atoms with E-state index in [2.05, 4.69) is 0 Å². The zero-order valence-electron chi connectivity index (χ0n) is 6.48. The van der Waals surface area contributed by atoms with Gasteiger partial charge in [0.15, 0.2) is 5.67 Å². The van der Waals surface area contributed by atoms with E-state index in [4.69, 9.17) is 5.11 Å². The maximum Gasteiger partial charge on any atom is 0.378 e. The third-order valence-electron chi connectivity index (χ3n) is 2.23. The Morgan fingerprint density at radius 1 is 1.42 bits per heavy atom. The Labute approximate surface area is 67.4 Å². The van der Waals surface area contributed by atoms with Crippen LogP contribution in [0.3, 0.4) is 0 Å². The average Bonchev–Trinajstić information content (AvgIpc) is 2.66. The number of carbonyl (C=O) groups is 1. The Kier molecular flexibility index (Phi) is 1.85. The topological polar surface area (TPSA) is 37.3 Å². The van der Waals surface area contributed by atoms with Gasteiger partial charge in [-0.1, -0.05) is 0 Å². The molecule has 1 aliphatic rings. The number of rotatable bonds is 3. The summed E-state index contributed by atoms with van der Waals surface area (Å²) in [6.07, 6.45) is 0.686. The van der Waals surface area contributed by atoms with Gasteiger partial charge in [-0.25, -0.2) is 9.18 Å². The highest BCUT2D eigenvalue weighted by Gasteiger charge is 2.64. The minimum absolute atomic E-state index is 0.343. The lowest BCUT2D eigenvalue weighted by molar-refractivity contribution is -0.192. The Hall–Kier alpha value is -0.740. The minimum atomic E-state index is -4.27. The molecule has 0 bridgehead atoms. The monoisotopic (exact) mass is 182 g/mol. The van der Waals surface area contributed by atoms with E-state index in [0.29, 0.717) is 19.8 Å². The van der Waals surface area contributed by atoms with E-state index in [9.17, 15) is 18.0 Å². The molecule has 0 aliphatic heterocycles. The molecule has 0 heterocycles. The number of aliphatic carboxylic acids is 1. The number of hydrogen-bond donors (Lipinski definition) is 1. The number of carboxylic acid groups (broad SMARTS) is 1. The summed E-state index contributed by atoms with van der Waals surface area (Å²) >= 11 is 0. The predicted octanol–water partition coefficient (Wildman–Crippen LogP) is 1.84. The Morgan fingerprint density at radius 3 is 2.08 bits per heavy atom. The van der Waals surface area contributed by atoms with Crippen LogP contribution < -0.4 is 0 Å². The molecule has 0 aromatic rings. The number of carboxylic acids is 1. The van der Waals surface area contributed by atoms with Gasteiger partial charge in [-0.05, 0) is 25.7 Å². The van der Waals surface area contributed by atoms with Gasteiger partial charge in [0.25, 0.3) is 0 Å². The Balaban J connectivity index is 2.84. The maximum absolute atomic E-state index is 13.2. The lowest BCUT2D eigenvalue weighted by Crippen LogP contribution is -2.49. The van der Waals surface area contributed by atoms with Gasteiger partial charge in [-0.3, -0.25) is 0 Å². The second-order valence-corrected chi connectivity index (χ2v) is 3.23. The highest BCUT2D eigenvalue weighted by atomic mass is 19.3. The van der Waals surface area contributed by atoms with E-state index < -0.39 is 23.5 Å². The fourth-order valence-corrected chi connectivity index (χ4v) is 1.09. The number of hydrogen-bond acceptors (Lipinski definition) is 1. The van der Waals surface area contributed by atoms with Crippen molar-refractivity contribution in [3.63, 3.8) is 0 Å². The Bertz CT molecular complexity index is 209. The van der Waals surface area contributed by atoms with Crippen molar-refractivity contribution in [1.82, 2.24) is 0 Å². The number of halogens is 3. The van der Waals surface area contributed by atoms with Crippen molar-refractivity contribution in [2.24, 2.45) is 5.92 Å². The van der Waals surface area contributed by atoms with Gasteiger partial charge >= 0.3 is 11.9 Å². The largest absolute Gasteiger partial charge is 0.477 e. The van der Waals surface area contributed by atoms with Gasteiger partial charge in [0.1, 0.15) is 0 Å². The van der Waals surface area contributed by atoms with E-state index >= 15 is 0 Å². The van der Waals surface area contributed by atoms with E-state index in [0.717, 1.165) is 0 Å². The van der Waals surface area contributed by atoms with Crippen LogP contribution in [0.1, 0.15) is 19.8 Å². The molecule has 70 valence electrons. The lowest BCUT2D eigenvalue weighted by Gasteiger charge is -2.26. The summed E-state index contributed by atoms with van der Waals surface area (Å²) < 4.78 is 38.5. The zero-order valence-corrected chi connectivity index (χ0v) is 6.48. The molecule has 1 atom stereocenters. The molecule has 1 rings (SSSR count). The van der Waals surface area contributed by atoms with Gasteiger partial charge in [-0.2, -0.15) is 8.78 Å². The molecule has 0 saturated heterocycles. The van der Waals surface area contributed by atoms with Crippen molar-refractivity contribution in [1.29, 1.82) is 0 Å². The summed E-state index contributed by atoms with van der Waals surface area (Å²) in [5.41, 5.74) is -2.90. The second kappa shape index (κ2) is 2.37. The maximum atomic E-state index is 13.2. The van der Waals surface area contributed by atoms with Gasteiger partial charge in [0.2, 0.25) is 0 Å². The molecular weight excluding hydrogens is 173 g/mol. The molecule has 0 aromatic carbocycles. The second-order valence-electron chi connectivity index (χ2n) is 3.23. The van der Waals surface area contributed by atoms with Gasteiger partial charge in [0, 0.05) is 0 Å². The fraction of sp³-hybridized carbons (Fsp3) is 0.857. The van der Waals surface area contributed by atoms with Crippen LogP contribution in [0.4, 0.5) is 13.2 Å². The first-order valence-electron chi connectivity index (χ1n) is 3.60. The van der Waals surface area contributed by atoms with Crippen LogP contribution in [0.15, 0.2) is 0 Å². The van der Waals surface area contributed by atoms with E-state index in [-0.39, 0.29) is 0 Å². The van der Waals surface area contributed by atoms with E-state index in [1.807, 2.05) is 0 Å². The summed E-state index contributed by atoms with van der Waals surface area (Å²) in [6, 6.07) is 0. The van der Waals surface area contributed by atoms with Crippen molar-refractivity contribution < 1.29 is 23.1 Å². The first-order chi connectivity index (χ1) is 5.30. The van der Waals surface area contributed by atoms with Crippen molar-refractivity contribution in [2.45, 2.75) is 31.4 Å². The van der Waals surface area contributed by atoms with Crippen LogP contribution in [0, 0.1) is 5.92 Å². The smallest absolute Gasteiger partial charge is 0.378 e. The normalized spacial score (nSPS) is 23.3. The molecule has 1 fully saturated rings. The van der Waals surface area contributed by atoms with Crippen LogP contribution in [0.25, 0.3) is 0 Å². The van der Waals surface area contributed by atoms with E-state index in [1.54, 1.807) is 0 Å². The van der Waals surface area contributed by atoms with E-state index in [1.165, 1.54) is 0 Å². The van der Waals surface area contributed by atoms with Crippen molar-refractivity contribution in [2.75, 3.05) is 0 Å². The average molecular weight is 182 g/mol. The molecule has 0 radical (unpaired) electrons. The summed E-state index contributed by atoms with van der Waals surface area (Å²) in [7, 11) is 0. The van der Waals surface area contributed by atoms with Crippen LogP contribution in [0.5, 0.6) is 0 Å². The zero-order chi connectivity index (χ0) is 9.57. The summed E-state index contributed by atoms with van der Waals surface area (Å²) in [5, 5.41) is 8.06. The predicted molar refractivity (Wildman–Crippen MR) is 34.8 cm³/mol. The summed E-state index contributed by atoms with van der Waals surface area (Å²) in [5.74, 6) is -7.46. The van der Waals surface area contributed by atoms with Crippen molar-refractivity contribution in [3.8, 4) is 0 Å². The molecular formula is C7H9F3O2. The molecule has 2 nitrogen and oxygen atoms in total. The lowest BCUT2D eigenvalue weighted by atomic mass is 9.94. The van der Waals surface area contributed by atoms with Crippen LogP contribution >= 0.6 is 0 Å².